The normalized spacial score (nSPS) is 16.0. The summed E-state index contributed by atoms with van der Waals surface area (Å²) in [4.78, 5) is 6.65. The molecule has 0 unspecified atom stereocenters. The van der Waals surface area contributed by atoms with Gasteiger partial charge in [0, 0.05) is 38.4 Å². The van der Waals surface area contributed by atoms with Gasteiger partial charge in [0.25, 0.3) is 0 Å². The number of sulfone groups is 1. The molecule has 25 heavy (non-hydrogen) atoms. The smallest absolute Gasteiger partial charge is 0.179 e. The lowest BCUT2D eigenvalue weighted by Crippen LogP contribution is -2.39. The third-order valence-electron chi connectivity index (χ3n) is 4.53. The Labute approximate surface area is 149 Å². The number of hydrogen-bond donors (Lipinski definition) is 0. The van der Waals surface area contributed by atoms with Crippen LogP contribution < -0.4 is 9.64 Å². The maximum absolute atomic E-state index is 12.0. The van der Waals surface area contributed by atoms with E-state index in [0.717, 1.165) is 37.2 Å². The molecule has 0 bridgehead atoms. The molecule has 0 amide bonds. The van der Waals surface area contributed by atoms with Crippen molar-refractivity contribution in [3.8, 4) is 5.75 Å². The Morgan fingerprint density at radius 2 is 1.88 bits per heavy atom. The predicted molar refractivity (Wildman–Crippen MR) is 99.1 cm³/mol. The zero-order chi connectivity index (χ0) is 18.0. The minimum atomic E-state index is -3.29. The van der Waals surface area contributed by atoms with E-state index in [1.54, 1.807) is 18.3 Å². The molecule has 0 atom stereocenters. The van der Waals surface area contributed by atoms with E-state index >= 15 is 0 Å². The van der Waals surface area contributed by atoms with Gasteiger partial charge in [0.2, 0.25) is 0 Å². The molecule has 1 aromatic carbocycles. The second-order valence-corrected chi connectivity index (χ2v) is 8.65. The summed E-state index contributed by atoms with van der Waals surface area (Å²) in [6.45, 7) is 5.57. The molecule has 6 heteroatoms. The summed E-state index contributed by atoms with van der Waals surface area (Å²) in [6, 6.07) is 9.51. The SMILES string of the molecule is Cc1ccc(C)c(OC2CCN(c3ncccc3S(C)(=O)=O)CC2)c1. The highest BCUT2D eigenvalue weighted by Gasteiger charge is 2.25. The molecule has 3 rings (SSSR count). The molecule has 0 N–H and O–H groups in total. The molecule has 1 aliphatic rings. The zero-order valence-corrected chi connectivity index (χ0v) is 15.7. The van der Waals surface area contributed by atoms with Gasteiger partial charge in [-0.1, -0.05) is 12.1 Å². The minimum absolute atomic E-state index is 0.141. The van der Waals surface area contributed by atoms with Gasteiger partial charge in [0.1, 0.15) is 22.6 Å². The van der Waals surface area contributed by atoms with Crippen molar-refractivity contribution in [1.82, 2.24) is 4.98 Å². The number of piperidine rings is 1. The molecule has 1 aliphatic heterocycles. The number of nitrogens with zero attached hydrogens (tertiary/aromatic N) is 2. The van der Waals surface area contributed by atoms with Crippen LogP contribution in [0.3, 0.4) is 0 Å². The Hall–Kier alpha value is -2.08. The van der Waals surface area contributed by atoms with E-state index in [4.69, 9.17) is 4.74 Å². The maximum atomic E-state index is 12.0. The molecular formula is C19H24N2O3S. The monoisotopic (exact) mass is 360 g/mol. The Balaban J connectivity index is 1.70. The Bertz CT molecular complexity index is 857. The lowest BCUT2D eigenvalue weighted by Gasteiger charge is -2.34. The van der Waals surface area contributed by atoms with Crippen LogP contribution in [0.2, 0.25) is 0 Å². The van der Waals surface area contributed by atoms with E-state index in [2.05, 4.69) is 37.0 Å². The molecule has 1 fully saturated rings. The van der Waals surface area contributed by atoms with E-state index in [1.165, 1.54) is 11.8 Å². The minimum Gasteiger partial charge on any atom is -0.490 e. The Morgan fingerprint density at radius 1 is 1.16 bits per heavy atom. The molecule has 1 aromatic heterocycles. The van der Waals surface area contributed by atoms with Gasteiger partial charge in [-0.05, 0) is 43.2 Å². The number of pyridine rings is 1. The van der Waals surface area contributed by atoms with Gasteiger partial charge in [-0.15, -0.1) is 0 Å². The van der Waals surface area contributed by atoms with Crippen LogP contribution >= 0.6 is 0 Å². The number of ether oxygens (including phenoxy) is 1. The number of hydrogen-bond acceptors (Lipinski definition) is 5. The van der Waals surface area contributed by atoms with Crippen molar-refractivity contribution in [1.29, 1.82) is 0 Å². The van der Waals surface area contributed by atoms with Crippen molar-refractivity contribution >= 4 is 15.7 Å². The first-order valence-electron chi connectivity index (χ1n) is 8.48. The van der Waals surface area contributed by atoms with Crippen molar-refractivity contribution in [3.63, 3.8) is 0 Å². The van der Waals surface area contributed by atoms with Crippen LogP contribution in [-0.4, -0.2) is 38.9 Å². The fraction of sp³-hybridized carbons (Fsp3) is 0.421. The highest BCUT2D eigenvalue weighted by Crippen LogP contribution is 2.28. The third kappa shape index (κ3) is 4.12. The van der Waals surface area contributed by atoms with E-state index in [-0.39, 0.29) is 6.10 Å². The van der Waals surface area contributed by atoms with Crippen molar-refractivity contribution in [2.75, 3.05) is 24.2 Å². The highest BCUT2D eigenvalue weighted by molar-refractivity contribution is 7.90. The van der Waals surface area contributed by atoms with Crippen molar-refractivity contribution < 1.29 is 13.2 Å². The van der Waals surface area contributed by atoms with Crippen LogP contribution in [0, 0.1) is 13.8 Å². The number of aromatic nitrogens is 1. The molecule has 0 radical (unpaired) electrons. The zero-order valence-electron chi connectivity index (χ0n) is 14.9. The summed E-state index contributed by atoms with van der Waals surface area (Å²) in [5.41, 5.74) is 2.32. The second kappa shape index (κ2) is 7.04. The quantitative estimate of drug-likeness (QED) is 0.838. The van der Waals surface area contributed by atoms with Crippen molar-refractivity contribution in [2.24, 2.45) is 0 Å². The third-order valence-corrected chi connectivity index (χ3v) is 5.65. The number of anilines is 1. The lowest BCUT2D eigenvalue weighted by atomic mass is 10.1. The van der Waals surface area contributed by atoms with Gasteiger partial charge in [-0.25, -0.2) is 13.4 Å². The molecule has 5 nitrogen and oxygen atoms in total. The highest BCUT2D eigenvalue weighted by atomic mass is 32.2. The summed E-state index contributed by atoms with van der Waals surface area (Å²) in [6.07, 6.45) is 4.69. The van der Waals surface area contributed by atoms with Crippen LogP contribution in [-0.2, 0) is 9.84 Å². The van der Waals surface area contributed by atoms with Gasteiger partial charge < -0.3 is 9.64 Å². The average Bonchev–Trinajstić information content (AvgIpc) is 2.58. The first-order chi connectivity index (χ1) is 11.8. The van der Waals surface area contributed by atoms with Gasteiger partial charge in [-0.3, -0.25) is 0 Å². The second-order valence-electron chi connectivity index (χ2n) is 6.67. The summed E-state index contributed by atoms with van der Waals surface area (Å²) in [7, 11) is -3.29. The van der Waals surface area contributed by atoms with Crippen LogP contribution in [0.1, 0.15) is 24.0 Å². The fourth-order valence-corrected chi connectivity index (χ4v) is 3.95. The molecule has 0 aliphatic carbocycles. The maximum Gasteiger partial charge on any atom is 0.179 e. The van der Waals surface area contributed by atoms with E-state index in [9.17, 15) is 8.42 Å². The van der Waals surface area contributed by atoms with E-state index < -0.39 is 9.84 Å². The Morgan fingerprint density at radius 3 is 2.56 bits per heavy atom. The molecule has 134 valence electrons. The molecule has 2 aromatic rings. The van der Waals surface area contributed by atoms with Gasteiger partial charge in [0.15, 0.2) is 9.84 Å². The van der Waals surface area contributed by atoms with Crippen LogP contribution in [0.15, 0.2) is 41.4 Å². The van der Waals surface area contributed by atoms with E-state index in [1.807, 2.05) is 4.90 Å². The lowest BCUT2D eigenvalue weighted by molar-refractivity contribution is 0.169. The topological polar surface area (TPSA) is 59.5 Å². The van der Waals surface area contributed by atoms with Crippen LogP contribution in [0.4, 0.5) is 5.82 Å². The first-order valence-corrected chi connectivity index (χ1v) is 10.4. The number of benzene rings is 1. The number of rotatable bonds is 4. The fourth-order valence-electron chi connectivity index (χ4n) is 3.11. The summed E-state index contributed by atoms with van der Waals surface area (Å²) < 4.78 is 30.1. The Kier molecular flexibility index (Phi) is 4.99. The first kappa shape index (κ1) is 17.7. The van der Waals surface area contributed by atoms with Crippen molar-refractivity contribution in [3.05, 3.63) is 47.7 Å². The largest absolute Gasteiger partial charge is 0.490 e. The summed E-state index contributed by atoms with van der Waals surface area (Å²) in [5, 5.41) is 0. The predicted octanol–water partition coefficient (Wildman–Crippen LogP) is 3.15. The summed E-state index contributed by atoms with van der Waals surface area (Å²) in [5.74, 6) is 1.49. The van der Waals surface area contributed by atoms with Gasteiger partial charge >= 0.3 is 0 Å². The van der Waals surface area contributed by atoms with Gasteiger partial charge in [0.05, 0.1) is 0 Å². The van der Waals surface area contributed by atoms with Gasteiger partial charge in [-0.2, -0.15) is 0 Å². The molecule has 2 heterocycles. The number of aryl methyl sites for hydroxylation is 2. The molecule has 0 saturated carbocycles. The average molecular weight is 360 g/mol. The van der Waals surface area contributed by atoms with Crippen LogP contribution in [0.5, 0.6) is 5.75 Å². The standard InChI is InChI=1S/C19H24N2O3S/c1-14-6-7-15(2)17(13-14)24-16-8-11-21(12-9-16)19-18(25(3,22)23)5-4-10-20-19/h4-7,10,13,16H,8-9,11-12H2,1-3H3. The molecule has 0 spiro atoms. The van der Waals surface area contributed by atoms with Crippen molar-refractivity contribution in [2.45, 2.75) is 37.7 Å². The molecule has 1 saturated heterocycles. The van der Waals surface area contributed by atoms with E-state index in [0.29, 0.717) is 10.7 Å². The summed E-state index contributed by atoms with van der Waals surface area (Å²) >= 11 is 0. The molecular weight excluding hydrogens is 336 g/mol. The van der Waals surface area contributed by atoms with Crippen LogP contribution in [0.25, 0.3) is 0 Å².